The summed E-state index contributed by atoms with van der Waals surface area (Å²) < 4.78 is 0. The molecule has 1 aliphatic rings. The number of hydrogen-bond acceptors (Lipinski definition) is 3. The van der Waals surface area contributed by atoms with E-state index in [9.17, 15) is 14.7 Å². The molecular formula is C22H40O5. The molecule has 1 rings (SSSR count). The van der Waals surface area contributed by atoms with Gasteiger partial charge in [0.15, 0.2) is 0 Å². The topological polar surface area (TPSA) is 94.8 Å². The van der Waals surface area contributed by atoms with Crippen LogP contribution >= 0.6 is 0 Å². The molecule has 0 aromatic carbocycles. The molecule has 27 heavy (non-hydrogen) atoms. The molecule has 0 saturated heterocycles. The van der Waals surface area contributed by atoms with Crippen molar-refractivity contribution < 1.29 is 24.9 Å². The Hall–Kier alpha value is -1.10. The van der Waals surface area contributed by atoms with Crippen LogP contribution in [-0.4, -0.2) is 32.9 Å². The van der Waals surface area contributed by atoms with Crippen molar-refractivity contribution in [3.63, 3.8) is 0 Å². The van der Waals surface area contributed by atoms with E-state index in [0.717, 1.165) is 31.1 Å². The zero-order valence-corrected chi connectivity index (χ0v) is 17.1. The third kappa shape index (κ3) is 11.4. The highest BCUT2D eigenvalue weighted by atomic mass is 16.4. The van der Waals surface area contributed by atoms with E-state index in [1.54, 1.807) is 0 Å². The van der Waals surface area contributed by atoms with Crippen LogP contribution < -0.4 is 0 Å². The summed E-state index contributed by atoms with van der Waals surface area (Å²) >= 11 is 0. The van der Waals surface area contributed by atoms with Crippen LogP contribution in [0, 0.1) is 11.8 Å². The smallest absolute Gasteiger partial charge is 0.306 e. The summed E-state index contributed by atoms with van der Waals surface area (Å²) in [7, 11) is 0. The molecule has 1 unspecified atom stereocenters. The Bertz CT molecular complexity index is 412. The van der Waals surface area contributed by atoms with E-state index in [2.05, 4.69) is 6.92 Å². The summed E-state index contributed by atoms with van der Waals surface area (Å²) in [6, 6.07) is 0. The third-order valence-electron chi connectivity index (χ3n) is 6.22. The lowest BCUT2D eigenvalue weighted by molar-refractivity contribution is -0.149. The number of carbonyl (C=O) groups is 2. The second kappa shape index (κ2) is 13.1. The van der Waals surface area contributed by atoms with Gasteiger partial charge in [0.05, 0.1) is 18.4 Å². The lowest BCUT2D eigenvalue weighted by Crippen LogP contribution is -2.34. The molecule has 0 radical (unpaired) electrons. The SMILES string of the molecule is CC(CCCCCCCCCC(O)(CC(=O)O)CC(=O)O)C1CCCCC1. The first kappa shape index (κ1) is 23.9. The first-order valence-corrected chi connectivity index (χ1v) is 11.0. The van der Waals surface area contributed by atoms with Crippen LogP contribution in [0.3, 0.4) is 0 Å². The fourth-order valence-electron chi connectivity index (χ4n) is 4.55. The molecule has 0 bridgehead atoms. The average molecular weight is 385 g/mol. The van der Waals surface area contributed by atoms with E-state index in [1.165, 1.54) is 57.8 Å². The van der Waals surface area contributed by atoms with Gasteiger partial charge < -0.3 is 15.3 Å². The number of aliphatic hydroxyl groups is 1. The summed E-state index contributed by atoms with van der Waals surface area (Å²) in [6.07, 6.45) is 15.3. The fourth-order valence-corrected chi connectivity index (χ4v) is 4.55. The van der Waals surface area contributed by atoms with E-state index in [0.29, 0.717) is 6.42 Å². The van der Waals surface area contributed by atoms with Crippen molar-refractivity contribution in [2.45, 2.75) is 115 Å². The number of carboxylic acids is 2. The molecular weight excluding hydrogens is 344 g/mol. The maximum atomic E-state index is 10.8. The summed E-state index contributed by atoms with van der Waals surface area (Å²) in [5.74, 6) is -0.483. The molecule has 0 heterocycles. The normalized spacial score (nSPS) is 17.0. The highest BCUT2D eigenvalue weighted by molar-refractivity contribution is 5.72. The Balaban J connectivity index is 2.04. The highest BCUT2D eigenvalue weighted by Crippen LogP contribution is 2.32. The van der Waals surface area contributed by atoms with Crippen molar-refractivity contribution in [3.8, 4) is 0 Å². The first-order chi connectivity index (χ1) is 12.8. The minimum absolute atomic E-state index is 0.241. The van der Waals surface area contributed by atoms with Gasteiger partial charge in [0.1, 0.15) is 0 Å². The Morgan fingerprint density at radius 2 is 1.33 bits per heavy atom. The van der Waals surface area contributed by atoms with Crippen LogP contribution in [0.5, 0.6) is 0 Å². The molecule has 0 aliphatic heterocycles. The van der Waals surface area contributed by atoms with Crippen molar-refractivity contribution in [1.82, 2.24) is 0 Å². The Morgan fingerprint density at radius 3 is 1.85 bits per heavy atom. The van der Waals surface area contributed by atoms with Gasteiger partial charge in [-0.15, -0.1) is 0 Å². The second-order valence-corrected chi connectivity index (χ2v) is 8.75. The lowest BCUT2D eigenvalue weighted by Gasteiger charge is -2.27. The van der Waals surface area contributed by atoms with Gasteiger partial charge in [0, 0.05) is 0 Å². The van der Waals surface area contributed by atoms with Crippen LogP contribution in [0.2, 0.25) is 0 Å². The van der Waals surface area contributed by atoms with Crippen molar-refractivity contribution >= 4 is 11.9 Å². The minimum atomic E-state index is -1.62. The van der Waals surface area contributed by atoms with E-state index >= 15 is 0 Å². The standard InChI is InChI=1S/C22H40O5/c1-18(19-13-9-7-10-14-19)12-8-5-3-2-4-6-11-15-22(27,16-20(23)24)17-21(25)26/h18-19,27H,2-17H2,1H3,(H,23,24)(H,25,26). The zero-order chi connectivity index (χ0) is 20.1. The third-order valence-corrected chi connectivity index (χ3v) is 6.22. The molecule has 1 atom stereocenters. The highest BCUT2D eigenvalue weighted by Gasteiger charge is 2.32. The monoisotopic (exact) mass is 384 g/mol. The van der Waals surface area contributed by atoms with Gasteiger partial charge >= 0.3 is 11.9 Å². The fraction of sp³-hybridized carbons (Fsp3) is 0.909. The van der Waals surface area contributed by atoms with Crippen molar-refractivity contribution in [2.24, 2.45) is 11.8 Å². The molecule has 0 aromatic heterocycles. The summed E-state index contributed by atoms with van der Waals surface area (Å²) in [6.45, 7) is 2.42. The van der Waals surface area contributed by atoms with Gasteiger partial charge in [-0.25, -0.2) is 0 Å². The second-order valence-electron chi connectivity index (χ2n) is 8.75. The van der Waals surface area contributed by atoms with E-state index in [1.807, 2.05) is 0 Å². The average Bonchev–Trinajstić information content (AvgIpc) is 2.59. The van der Waals surface area contributed by atoms with Crippen molar-refractivity contribution in [2.75, 3.05) is 0 Å². The molecule has 0 amide bonds. The Kier molecular flexibility index (Phi) is 11.7. The predicted molar refractivity (Wildman–Crippen MR) is 107 cm³/mol. The number of unbranched alkanes of at least 4 members (excludes halogenated alkanes) is 6. The predicted octanol–water partition coefficient (Wildman–Crippen LogP) is 5.39. The Morgan fingerprint density at radius 1 is 0.852 bits per heavy atom. The van der Waals surface area contributed by atoms with Crippen LogP contribution in [0.25, 0.3) is 0 Å². The molecule has 1 fully saturated rings. The number of carboxylic acid groups (broad SMARTS) is 2. The molecule has 158 valence electrons. The van der Waals surface area contributed by atoms with Crippen molar-refractivity contribution in [1.29, 1.82) is 0 Å². The number of aliphatic carboxylic acids is 2. The first-order valence-electron chi connectivity index (χ1n) is 11.0. The van der Waals surface area contributed by atoms with Gasteiger partial charge in [-0.1, -0.05) is 90.4 Å². The van der Waals surface area contributed by atoms with Gasteiger partial charge in [0.25, 0.3) is 0 Å². The van der Waals surface area contributed by atoms with Crippen LogP contribution in [-0.2, 0) is 9.59 Å². The van der Waals surface area contributed by atoms with Crippen LogP contribution in [0.1, 0.15) is 110 Å². The van der Waals surface area contributed by atoms with Crippen molar-refractivity contribution in [3.05, 3.63) is 0 Å². The molecule has 3 N–H and O–H groups in total. The van der Waals surface area contributed by atoms with E-state index < -0.39 is 30.4 Å². The maximum Gasteiger partial charge on any atom is 0.306 e. The Labute approximate surface area is 164 Å². The summed E-state index contributed by atoms with van der Waals surface area (Å²) in [4.78, 5) is 21.7. The number of rotatable bonds is 15. The van der Waals surface area contributed by atoms with Gasteiger partial charge in [0.2, 0.25) is 0 Å². The van der Waals surface area contributed by atoms with E-state index in [-0.39, 0.29) is 6.42 Å². The molecule has 1 saturated carbocycles. The summed E-state index contributed by atoms with van der Waals surface area (Å²) in [5, 5.41) is 27.9. The zero-order valence-electron chi connectivity index (χ0n) is 17.1. The van der Waals surface area contributed by atoms with Gasteiger partial charge in [-0.05, 0) is 18.3 Å². The van der Waals surface area contributed by atoms with Crippen LogP contribution in [0.4, 0.5) is 0 Å². The van der Waals surface area contributed by atoms with Crippen LogP contribution in [0.15, 0.2) is 0 Å². The minimum Gasteiger partial charge on any atom is -0.481 e. The maximum absolute atomic E-state index is 10.8. The lowest BCUT2D eigenvalue weighted by atomic mass is 9.79. The molecule has 0 aromatic rings. The largest absolute Gasteiger partial charge is 0.481 e. The number of hydrogen-bond donors (Lipinski definition) is 3. The van der Waals surface area contributed by atoms with Gasteiger partial charge in [-0.3, -0.25) is 9.59 Å². The molecule has 1 aliphatic carbocycles. The molecule has 5 heteroatoms. The molecule has 5 nitrogen and oxygen atoms in total. The molecule has 0 spiro atoms. The van der Waals surface area contributed by atoms with Gasteiger partial charge in [-0.2, -0.15) is 0 Å². The van der Waals surface area contributed by atoms with E-state index in [4.69, 9.17) is 10.2 Å². The summed E-state index contributed by atoms with van der Waals surface area (Å²) in [5.41, 5.74) is -1.62. The quantitative estimate of drug-likeness (QED) is 0.329.